The first-order chi connectivity index (χ1) is 11.3. The smallest absolute Gasteiger partial charge is 0.245 e. The largest absolute Gasteiger partial charge is 0.352 e. The standard InChI is InChI=1S/C17H23N3O4/c1-17(2)8-14(22)20(16(17)24)10-13(21)12(9-18)15(23)19-11-6-4-3-5-7-11/h11-12H,3-8,10H2,1-2H3,(H,19,23)/t12-/m1/s1. The van der Waals surface area contributed by atoms with E-state index in [9.17, 15) is 24.4 Å². The van der Waals surface area contributed by atoms with Gasteiger partial charge in [0, 0.05) is 12.5 Å². The average Bonchev–Trinajstić information content (AvgIpc) is 2.71. The molecule has 2 rings (SSSR count). The molecule has 0 aromatic heterocycles. The van der Waals surface area contributed by atoms with E-state index in [0.29, 0.717) is 0 Å². The number of rotatable bonds is 5. The highest BCUT2D eigenvalue weighted by atomic mass is 16.2. The Hall–Kier alpha value is -2.23. The number of likely N-dealkylation sites (tertiary alicyclic amines) is 1. The van der Waals surface area contributed by atoms with Crippen molar-refractivity contribution in [2.75, 3.05) is 6.54 Å². The molecule has 1 N–H and O–H groups in total. The van der Waals surface area contributed by atoms with E-state index in [4.69, 9.17) is 0 Å². The molecule has 0 aromatic rings. The highest BCUT2D eigenvalue weighted by Crippen LogP contribution is 2.31. The number of ketones is 1. The van der Waals surface area contributed by atoms with Crippen LogP contribution in [0.15, 0.2) is 0 Å². The maximum atomic E-state index is 12.3. The fraction of sp³-hybridized carbons (Fsp3) is 0.706. The molecule has 2 aliphatic rings. The number of amides is 3. The van der Waals surface area contributed by atoms with Gasteiger partial charge in [-0.15, -0.1) is 0 Å². The van der Waals surface area contributed by atoms with Gasteiger partial charge in [-0.2, -0.15) is 5.26 Å². The van der Waals surface area contributed by atoms with E-state index in [1.165, 1.54) is 0 Å². The molecule has 2 fully saturated rings. The van der Waals surface area contributed by atoms with Crippen molar-refractivity contribution >= 4 is 23.5 Å². The Morgan fingerprint density at radius 1 is 1.29 bits per heavy atom. The molecular weight excluding hydrogens is 310 g/mol. The third-order valence-electron chi connectivity index (χ3n) is 4.70. The number of imide groups is 1. The number of carbonyl (C=O) groups excluding carboxylic acids is 4. The molecule has 130 valence electrons. The summed E-state index contributed by atoms with van der Waals surface area (Å²) in [7, 11) is 0. The first-order valence-electron chi connectivity index (χ1n) is 8.34. The summed E-state index contributed by atoms with van der Waals surface area (Å²) in [6.45, 7) is 2.75. The summed E-state index contributed by atoms with van der Waals surface area (Å²) in [5.41, 5.74) is -0.843. The van der Waals surface area contributed by atoms with Gasteiger partial charge in [0.2, 0.25) is 17.7 Å². The number of carbonyl (C=O) groups is 4. The maximum Gasteiger partial charge on any atom is 0.245 e. The first kappa shape index (κ1) is 18.1. The highest BCUT2D eigenvalue weighted by molar-refractivity contribution is 6.11. The molecule has 1 saturated carbocycles. The highest BCUT2D eigenvalue weighted by Gasteiger charge is 2.46. The quantitative estimate of drug-likeness (QED) is 0.595. The second kappa shape index (κ2) is 7.12. The normalized spacial score (nSPS) is 22.1. The molecule has 24 heavy (non-hydrogen) atoms. The van der Waals surface area contributed by atoms with Crippen LogP contribution in [0.2, 0.25) is 0 Å². The van der Waals surface area contributed by atoms with Gasteiger partial charge in [0.05, 0.1) is 18.0 Å². The molecule has 0 aromatic carbocycles. The zero-order chi connectivity index (χ0) is 17.9. The van der Waals surface area contributed by atoms with Crippen molar-refractivity contribution in [2.45, 2.75) is 58.4 Å². The van der Waals surface area contributed by atoms with Crippen LogP contribution in [0.1, 0.15) is 52.4 Å². The van der Waals surface area contributed by atoms with Crippen LogP contribution in [-0.2, 0) is 19.2 Å². The molecule has 1 atom stereocenters. The lowest BCUT2D eigenvalue weighted by Crippen LogP contribution is -2.45. The van der Waals surface area contributed by atoms with E-state index in [0.717, 1.165) is 37.0 Å². The fourth-order valence-electron chi connectivity index (χ4n) is 3.24. The number of hydrogen-bond acceptors (Lipinski definition) is 5. The van der Waals surface area contributed by atoms with Crippen molar-refractivity contribution in [2.24, 2.45) is 11.3 Å². The minimum absolute atomic E-state index is 0.0103. The van der Waals surface area contributed by atoms with Crippen molar-refractivity contribution in [3.05, 3.63) is 0 Å². The van der Waals surface area contributed by atoms with E-state index < -0.39 is 41.4 Å². The van der Waals surface area contributed by atoms with Crippen molar-refractivity contribution < 1.29 is 19.2 Å². The summed E-state index contributed by atoms with van der Waals surface area (Å²) >= 11 is 0. The average molecular weight is 333 g/mol. The van der Waals surface area contributed by atoms with Gasteiger partial charge < -0.3 is 5.32 Å². The monoisotopic (exact) mass is 333 g/mol. The Morgan fingerprint density at radius 3 is 2.42 bits per heavy atom. The summed E-state index contributed by atoms with van der Waals surface area (Å²) in [6.07, 6.45) is 4.88. The summed E-state index contributed by atoms with van der Waals surface area (Å²) in [6, 6.07) is 1.69. The molecule has 0 radical (unpaired) electrons. The van der Waals surface area contributed by atoms with Crippen LogP contribution in [0.25, 0.3) is 0 Å². The summed E-state index contributed by atoms with van der Waals surface area (Å²) in [5, 5.41) is 11.9. The lowest BCUT2D eigenvalue weighted by atomic mass is 9.92. The third-order valence-corrected chi connectivity index (χ3v) is 4.70. The third kappa shape index (κ3) is 3.81. The fourth-order valence-corrected chi connectivity index (χ4v) is 3.24. The van der Waals surface area contributed by atoms with Crippen LogP contribution in [-0.4, -0.2) is 41.0 Å². The lowest BCUT2D eigenvalue weighted by Gasteiger charge is -2.24. The Morgan fingerprint density at radius 2 is 1.92 bits per heavy atom. The SMILES string of the molecule is CC1(C)CC(=O)N(CC(=O)[C@@H](C#N)C(=O)NC2CCCCC2)C1=O. The van der Waals surface area contributed by atoms with Crippen molar-refractivity contribution in [3.8, 4) is 6.07 Å². The number of nitrogens with one attached hydrogen (secondary N) is 1. The number of nitriles is 1. The Labute approximate surface area is 141 Å². The van der Waals surface area contributed by atoms with Crippen molar-refractivity contribution in [1.82, 2.24) is 10.2 Å². The molecular formula is C17H23N3O4. The molecule has 1 aliphatic heterocycles. The topological polar surface area (TPSA) is 107 Å². The van der Waals surface area contributed by atoms with Crippen LogP contribution in [0.5, 0.6) is 0 Å². The summed E-state index contributed by atoms with van der Waals surface area (Å²) < 4.78 is 0. The van der Waals surface area contributed by atoms with E-state index in [1.807, 2.05) is 0 Å². The molecule has 0 bridgehead atoms. The van der Waals surface area contributed by atoms with Gasteiger partial charge in [0.1, 0.15) is 0 Å². The summed E-state index contributed by atoms with van der Waals surface area (Å²) in [5.74, 6) is -3.72. The molecule has 1 heterocycles. The Bertz CT molecular complexity index is 599. The molecule has 7 nitrogen and oxygen atoms in total. The van der Waals surface area contributed by atoms with E-state index in [1.54, 1.807) is 19.9 Å². The zero-order valence-corrected chi connectivity index (χ0v) is 14.1. The van der Waals surface area contributed by atoms with Crippen LogP contribution < -0.4 is 5.32 Å². The zero-order valence-electron chi connectivity index (χ0n) is 14.1. The predicted molar refractivity (Wildman–Crippen MR) is 84.2 cm³/mol. The Kier molecular flexibility index (Phi) is 5.37. The molecule has 1 aliphatic carbocycles. The first-order valence-corrected chi connectivity index (χ1v) is 8.34. The van der Waals surface area contributed by atoms with Gasteiger partial charge in [-0.25, -0.2) is 0 Å². The van der Waals surface area contributed by atoms with E-state index >= 15 is 0 Å². The molecule has 1 saturated heterocycles. The minimum atomic E-state index is -1.49. The van der Waals surface area contributed by atoms with Gasteiger partial charge >= 0.3 is 0 Å². The van der Waals surface area contributed by atoms with Crippen LogP contribution >= 0.6 is 0 Å². The van der Waals surface area contributed by atoms with Gasteiger partial charge in [-0.3, -0.25) is 24.1 Å². The summed E-state index contributed by atoms with van der Waals surface area (Å²) in [4.78, 5) is 49.4. The molecule has 7 heteroatoms. The van der Waals surface area contributed by atoms with E-state index in [2.05, 4.69) is 5.32 Å². The van der Waals surface area contributed by atoms with Crippen LogP contribution in [0.4, 0.5) is 0 Å². The van der Waals surface area contributed by atoms with Gasteiger partial charge in [0.15, 0.2) is 11.7 Å². The van der Waals surface area contributed by atoms with Gasteiger partial charge in [-0.05, 0) is 12.8 Å². The van der Waals surface area contributed by atoms with Crippen molar-refractivity contribution in [3.63, 3.8) is 0 Å². The number of hydrogen-bond donors (Lipinski definition) is 1. The molecule has 0 unspecified atom stereocenters. The second-order valence-electron chi connectivity index (χ2n) is 7.22. The second-order valence-corrected chi connectivity index (χ2v) is 7.22. The lowest BCUT2D eigenvalue weighted by molar-refractivity contribution is -0.145. The number of nitrogens with zero attached hydrogens (tertiary/aromatic N) is 2. The molecule has 0 spiro atoms. The van der Waals surface area contributed by atoms with Gasteiger partial charge in [0.25, 0.3) is 0 Å². The van der Waals surface area contributed by atoms with Crippen LogP contribution in [0.3, 0.4) is 0 Å². The minimum Gasteiger partial charge on any atom is -0.352 e. The maximum absolute atomic E-state index is 12.3. The van der Waals surface area contributed by atoms with Crippen molar-refractivity contribution in [1.29, 1.82) is 5.26 Å². The van der Waals surface area contributed by atoms with Gasteiger partial charge in [-0.1, -0.05) is 33.1 Å². The Balaban J connectivity index is 1.98. The van der Waals surface area contributed by atoms with Crippen LogP contribution in [0, 0.1) is 22.7 Å². The molecule has 3 amide bonds. The number of Topliss-reactive ketones (excluding diaryl/α,β-unsaturated/α-hetero) is 1. The predicted octanol–water partition coefficient (Wildman–Crippen LogP) is 0.929. The van der Waals surface area contributed by atoms with E-state index in [-0.39, 0.29) is 12.5 Å².